The lowest BCUT2D eigenvalue weighted by atomic mass is 10.0. The molecule has 3 N–H and O–H groups in total. The van der Waals surface area contributed by atoms with Crippen molar-refractivity contribution in [3.63, 3.8) is 0 Å². The Bertz CT molecular complexity index is 1720. The summed E-state index contributed by atoms with van der Waals surface area (Å²) in [5.74, 6) is -1.34. The number of phosphoric ester groups is 2. The number of carbonyl (C=O) groups excluding carboxylic acids is 4. The van der Waals surface area contributed by atoms with Crippen LogP contribution >= 0.6 is 15.6 Å². The fourth-order valence-electron chi connectivity index (χ4n) is 10.6. The fraction of sp³-hybridized carbons (Fsp3) is 0.943. The highest BCUT2D eigenvalue weighted by atomic mass is 31.2. The van der Waals surface area contributed by atoms with Gasteiger partial charge in [0, 0.05) is 25.7 Å². The summed E-state index contributed by atoms with van der Waals surface area (Å²) in [7, 11) is -9.89. The van der Waals surface area contributed by atoms with Crippen molar-refractivity contribution in [1.29, 1.82) is 0 Å². The second kappa shape index (κ2) is 63.5. The number of aliphatic hydroxyl groups is 1. The number of carbonyl (C=O) groups is 4. The van der Waals surface area contributed by atoms with Gasteiger partial charge in [0.15, 0.2) is 12.2 Å². The largest absolute Gasteiger partial charge is 0.472 e. The number of ether oxygens (including phenoxy) is 4. The Balaban J connectivity index is 5.19. The standard InChI is InChI=1S/C70H136O17P2/c1-6-9-12-15-18-20-22-23-24-25-26-27-32-36-41-46-51-56-70(75)87-66(60-81-68(73)54-49-44-39-35-31-29-28-30-33-38-42-47-52-63(4)5)62-85-89(78,79)83-58-64(71)57-82-88(76,77)84-61-65(59-80-67(72)53-48-43-37-17-14-11-8-3)86-69(74)55-50-45-40-34-21-19-16-13-10-7-2/h63-66,71H,6-62H2,1-5H3,(H,76,77)(H,78,79)/t64-,65+,66+/m0/s1. The van der Waals surface area contributed by atoms with Gasteiger partial charge in [0.25, 0.3) is 0 Å². The number of hydrogen-bond donors (Lipinski definition) is 3. The lowest BCUT2D eigenvalue weighted by Gasteiger charge is -2.21. The van der Waals surface area contributed by atoms with Gasteiger partial charge in [0.2, 0.25) is 0 Å². The van der Waals surface area contributed by atoms with Crippen LogP contribution in [0.15, 0.2) is 0 Å². The Morgan fingerprint density at radius 3 is 0.764 bits per heavy atom. The van der Waals surface area contributed by atoms with Crippen LogP contribution in [0.1, 0.15) is 362 Å². The monoisotopic (exact) mass is 1310 g/mol. The van der Waals surface area contributed by atoms with Crippen molar-refractivity contribution in [3.05, 3.63) is 0 Å². The quantitative estimate of drug-likeness (QED) is 0.0222. The van der Waals surface area contributed by atoms with Crippen LogP contribution in [0.4, 0.5) is 0 Å². The summed E-state index contributed by atoms with van der Waals surface area (Å²) in [6.45, 7) is 7.21. The molecule has 0 aromatic rings. The predicted octanol–water partition coefficient (Wildman–Crippen LogP) is 20.1. The van der Waals surface area contributed by atoms with Gasteiger partial charge in [-0.2, -0.15) is 0 Å². The summed E-state index contributed by atoms with van der Waals surface area (Å²) in [5, 5.41) is 10.6. The smallest absolute Gasteiger partial charge is 0.462 e. The van der Waals surface area contributed by atoms with Gasteiger partial charge in [0.1, 0.15) is 19.3 Å². The van der Waals surface area contributed by atoms with Crippen LogP contribution in [-0.2, 0) is 65.4 Å². The van der Waals surface area contributed by atoms with Crippen LogP contribution in [0.5, 0.6) is 0 Å². The number of aliphatic hydroxyl groups excluding tert-OH is 1. The molecule has 17 nitrogen and oxygen atoms in total. The first-order valence-electron chi connectivity index (χ1n) is 36.6. The third kappa shape index (κ3) is 64.6. The van der Waals surface area contributed by atoms with E-state index in [1.54, 1.807) is 0 Å². The predicted molar refractivity (Wildman–Crippen MR) is 358 cm³/mol. The summed E-state index contributed by atoms with van der Waals surface area (Å²) in [6.07, 6.45) is 50.0. The average molecular weight is 1310 g/mol. The van der Waals surface area contributed by atoms with Crippen LogP contribution in [0.25, 0.3) is 0 Å². The van der Waals surface area contributed by atoms with E-state index in [9.17, 15) is 43.2 Å². The summed E-state index contributed by atoms with van der Waals surface area (Å²) in [4.78, 5) is 72.4. The number of unbranched alkanes of at least 4 members (excludes halogenated alkanes) is 42. The Labute approximate surface area is 543 Å². The van der Waals surface area contributed by atoms with E-state index in [4.69, 9.17) is 37.0 Å². The van der Waals surface area contributed by atoms with Gasteiger partial charge in [-0.1, -0.05) is 311 Å². The molecule has 0 spiro atoms. The molecule has 0 aliphatic carbocycles. The maximum Gasteiger partial charge on any atom is 0.472 e. The molecule has 0 bridgehead atoms. The van der Waals surface area contributed by atoms with Crippen molar-refractivity contribution >= 4 is 39.5 Å². The first kappa shape index (κ1) is 87.1. The van der Waals surface area contributed by atoms with E-state index < -0.39 is 97.5 Å². The van der Waals surface area contributed by atoms with E-state index >= 15 is 0 Å². The molecule has 528 valence electrons. The van der Waals surface area contributed by atoms with Crippen LogP contribution < -0.4 is 0 Å². The van der Waals surface area contributed by atoms with Crippen LogP contribution in [0.3, 0.4) is 0 Å². The normalized spacial score (nSPS) is 14.1. The lowest BCUT2D eigenvalue weighted by molar-refractivity contribution is -0.161. The van der Waals surface area contributed by atoms with Crippen LogP contribution in [0, 0.1) is 5.92 Å². The van der Waals surface area contributed by atoms with E-state index in [1.807, 2.05) is 0 Å². The van der Waals surface area contributed by atoms with E-state index in [0.29, 0.717) is 25.7 Å². The summed E-state index contributed by atoms with van der Waals surface area (Å²) >= 11 is 0. The summed E-state index contributed by atoms with van der Waals surface area (Å²) < 4.78 is 68.2. The minimum Gasteiger partial charge on any atom is -0.462 e. The van der Waals surface area contributed by atoms with Crippen LogP contribution in [0.2, 0.25) is 0 Å². The summed E-state index contributed by atoms with van der Waals surface area (Å²) in [6, 6.07) is 0. The van der Waals surface area contributed by atoms with Crippen LogP contribution in [-0.4, -0.2) is 96.7 Å². The molecule has 0 heterocycles. The number of hydrogen-bond acceptors (Lipinski definition) is 15. The molecule has 19 heteroatoms. The van der Waals surface area contributed by atoms with Gasteiger partial charge in [-0.25, -0.2) is 9.13 Å². The zero-order chi connectivity index (χ0) is 65.6. The van der Waals surface area contributed by atoms with E-state index in [2.05, 4.69) is 34.6 Å². The Morgan fingerprint density at radius 1 is 0.303 bits per heavy atom. The van der Waals surface area contributed by atoms with Crippen molar-refractivity contribution in [2.75, 3.05) is 39.6 Å². The molecule has 0 saturated heterocycles. The molecule has 0 aliphatic heterocycles. The molecule has 0 radical (unpaired) electrons. The molecule has 0 aromatic heterocycles. The molecular formula is C70H136O17P2. The maximum absolute atomic E-state index is 13.0. The van der Waals surface area contributed by atoms with Crippen molar-refractivity contribution in [2.24, 2.45) is 5.92 Å². The van der Waals surface area contributed by atoms with E-state index in [-0.39, 0.29) is 25.7 Å². The first-order chi connectivity index (χ1) is 43.0. The zero-order valence-corrected chi connectivity index (χ0v) is 59.4. The average Bonchev–Trinajstić information content (AvgIpc) is 3.51. The van der Waals surface area contributed by atoms with Crippen molar-refractivity contribution in [2.45, 2.75) is 380 Å². The molecule has 0 aliphatic rings. The minimum absolute atomic E-state index is 0.106. The van der Waals surface area contributed by atoms with Crippen molar-refractivity contribution < 1.29 is 80.2 Å². The highest BCUT2D eigenvalue weighted by Crippen LogP contribution is 2.45. The number of phosphoric acid groups is 2. The lowest BCUT2D eigenvalue weighted by Crippen LogP contribution is -2.30. The molecule has 0 rings (SSSR count). The molecule has 0 aromatic carbocycles. The Morgan fingerprint density at radius 2 is 0.517 bits per heavy atom. The second-order valence-corrected chi connectivity index (χ2v) is 28.7. The molecule has 0 saturated carbocycles. The van der Waals surface area contributed by atoms with E-state index in [1.165, 1.54) is 173 Å². The molecule has 5 atom stereocenters. The van der Waals surface area contributed by atoms with Gasteiger partial charge in [-0.05, 0) is 31.6 Å². The van der Waals surface area contributed by atoms with Gasteiger partial charge < -0.3 is 33.8 Å². The molecule has 0 fully saturated rings. The van der Waals surface area contributed by atoms with Gasteiger partial charge in [-0.3, -0.25) is 37.3 Å². The molecule has 0 amide bonds. The van der Waals surface area contributed by atoms with E-state index in [0.717, 1.165) is 109 Å². The Hall–Kier alpha value is -1.94. The highest BCUT2D eigenvalue weighted by molar-refractivity contribution is 7.47. The third-order valence-corrected chi connectivity index (χ3v) is 18.2. The molecular weight excluding hydrogens is 1170 g/mol. The molecule has 2 unspecified atom stereocenters. The minimum atomic E-state index is -4.95. The van der Waals surface area contributed by atoms with Gasteiger partial charge in [-0.15, -0.1) is 0 Å². The number of esters is 4. The van der Waals surface area contributed by atoms with Crippen molar-refractivity contribution in [3.8, 4) is 0 Å². The second-order valence-electron chi connectivity index (χ2n) is 25.7. The van der Waals surface area contributed by atoms with Gasteiger partial charge >= 0.3 is 39.5 Å². The SMILES string of the molecule is CCCCCCCCCCCCCCCCCCCC(=O)O[C@H](COC(=O)CCCCCCCCCCCCCCC(C)C)COP(=O)(O)OC[C@@H](O)COP(=O)(O)OC[C@@H](COC(=O)CCCCCCCCC)OC(=O)CCCCCCCCCCCC. The Kier molecular flexibility index (Phi) is 62.1. The molecule has 89 heavy (non-hydrogen) atoms. The highest BCUT2D eigenvalue weighted by Gasteiger charge is 2.30. The third-order valence-electron chi connectivity index (χ3n) is 16.3. The topological polar surface area (TPSA) is 237 Å². The van der Waals surface area contributed by atoms with Crippen molar-refractivity contribution in [1.82, 2.24) is 0 Å². The summed E-state index contributed by atoms with van der Waals surface area (Å²) in [5.41, 5.74) is 0. The fourth-order valence-corrected chi connectivity index (χ4v) is 12.2. The maximum atomic E-state index is 13.0. The zero-order valence-electron chi connectivity index (χ0n) is 57.6. The first-order valence-corrected chi connectivity index (χ1v) is 39.6. The van der Waals surface area contributed by atoms with Gasteiger partial charge in [0.05, 0.1) is 26.4 Å². The number of rotatable bonds is 70.